The Labute approximate surface area is 87.6 Å². The van der Waals surface area contributed by atoms with Crippen molar-refractivity contribution >= 4 is 0 Å². The van der Waals surface area contributed by atoms with Gasteiger partial charge in [0.25, 0.3) is 0 Å². The molecule has 2 aromatic rings. The highest BCUT2D eigenvalue weighted by Gasteiger charge is 2.07. The number of halogens is 1. The van der Waals surface area contributed by atoms with E-state index >= 15 is 0 Å². The SMILES string of the molecule is N[C@@H](c1ccncc1)c1ccc(F)cc1. The quantitative estimate of drug-likeness (QED) is 0.811. The average molecular weight is 202 g/mol. The van der Waals surface area contributed by atoms with Crippen LogP contribution in [0.3, 0.4) is 0 Å². The minimum Gasteiger partial charge on any atom is -0.320 e. The van der Waals surface area contributed by atoms with Crippen LogP contribution in [0.5, 0.6) is 0 Å². The fourth-order valence-corrected chi connectivity index (χ4v) is 1.43. The van der Waals surface area contributed by atoms with E-state index in [1.807, 2.05) is 12.1 Å². The van der Waals surface area contributed by atoms with Gasteiger partial charge in [-0.1, -0.05) is 12.1 Å². The standard InChI is InChI=1S/C12H11FN2/c13-11-3-1-9(2-4-11)12(14)10-5-7-15-8-6-10/h1-8,12H,14H2/t12-/m1/s1. The summed E-state index contributed by atoms with van der Waals surface area (Å²) in [5.74, 6) is -0.249. The first-order chi connectivity index (χ1) is 7.27. The minimum absolute atomic E-state index is 0.228. The van der Waals surface area contributed by atoms with Crippen LogP contribution in [0.4, 0.5) is 4.39 Å². The van der Waals surface area contributed by atoms with E-state index in [4.69, 9.17) is 5.73 Å². The summed E-state index contributed by atoms with van der Waals surface area (Å²) in [7, 11) is 0. The maximum Gasteiger partial charge on any atom is 0.123 e. The molecule has 0 unspecified atom stereocenters. The van der Waals surface area contributed by atoms with Gasteiger partial charge in [0.1, 0.15) is 5.82 Å². The second kappa shape index (κ2) is 4.19. The fourth-order valence-electron chi connectivity index (χ4n) is 1.43. The Hall–Kier alpha value is -1.74. The molecule has 0 aliphatic carbocycles. The molecule has 1 atom stereocenters. The highest BCUT2D eigenvalue weighted by atomic mass is 19.1. The molecule has 1 aromatic heterocycles. The van der Waals surface area contributed by atoms with Gasteiger partial charge in [0, 0.05) is 12.4 Å². The van der Waals surface area contributed by atoms with Crippen molar-refractivity contribution in [2.45, 2.75) is 6.04 Å². The second-order valence-electron chi connectivity index (χ2n) is 3.31. The highest BCUT2D eigenvalue weighted by molar-refractivity contribution is 5.29. The predicted molar refractivity (Wildman–Crippen MR) is 56.7 cm³/mol. The summed E-state index contributed by atoms with van der Waals surface area (Å²) in [6.45, 7) is 0. The zero-order valence-corrected chi connectivity index (χ0v) is 8.10. The molecule has 2 N–H and O–H groups in total. The lowest BCUT2D eigenvalue weighted by Crippen LogP contribution is -2.11. The molecule has 1 heterocycles. The maximum absolute atomic E-state index is 12.7. The highest BCUT2D eigenvalue weighted by Crippen LogP contribution is 2.18. The number of nitrogens with two attached hydrogens (primary N) is 1. The number of rotatable bonds is 2. The number of aromatic nitrogens is 1. The zero-order chi connectivity index (χ0) is 10.7. The second-order valence-corrected chi connectivity index (χ2v) is 3.31. The Balaban J connectivity index is 2.29. The summed E-state index contributed by atoms with van der Waals surface area (Å²) in [5, 5.41) is 0. The van der Waals surface area contributed by atoms with Crippen LogP contribution in [0.2, 0.25) is 0 Å². The van der Waals surface area contributed by atoms with Crippen LogP contribution in [0.1, 0.15) is 17.2 Å². The van der Waals surface area contributed by atoms with E-state index in [0.717, 1.165) is 11.1 Å². The summed E-state index contributed by atoms with van der Waals surface area (Å²) in [4.78, 5) is 3.92. The van der Waals surface area contributed by atoms with E-state index in [1.165, 1.54) is 12.1 Å². The van der Waals surface area contributed by atoms with E-state index in [2.05, 4.69) is 4.98 Å². The first-order valence-electron chi connectivity index (χ1n) is 4.68. The monoisotopic (exact) mass is 202 g/mol. The third-order valence-corrected chi connectivity index (χ3v) is 2.29. The number of hydrogen-bond acceptors (Lipinski definition) is 2. The lowest BCUT2D eigenvalue weighted by molar-refractivity contribution is 0.626. The fraction of sp³-hybridized carbons (Fsp3) is 0.0833. The molecule has 3 heteroatoms. The van der Waals surface area contributed by atoms with Crippen LogP contribution in [-0.2, 0) is 0 Å². The first kappa shape index (κ1) is 9.80. The molecular formula is C12H11FN2. The molecule has 0 bridgehead atoms. The third kappa shape index (κ3) is 2.19. The summed E-state index contributed by atoms with van der Waals surface area (Å²) >= 11 is 0. The summed E-state index contributed by atoms with van der Waals surface area (Å²) in [5.41, 5.74) is 7.88. The van der Waals surface area contributed by atoms with E-state index in [-0.39, 0.29) is 11.9 Å². The Kier molecular flexibility index (Phi) is 2.74. The molecule has 2 nitrogen and oxygen atoms in total. The molecule has 0 aliphatic heterocycles. The van der Waals surface area contributed by atoms with E-state index < -0.39 is 0 Å². The molecule has 0 amide bonds. The average Bonchev–Trinajstić information content (AvgIpc) is 2.30. The van der Waals surface area contributed by atoms with E-state index in [9.17, 15) is 4.39 Å². The third-order valence-electron chi connectivity index (χ3n) is 2.29. The van der Waals surface area contributed by atoms with Crippen molar-refractivity contribution in [2.75, 3.05) is 0 Å². The van der Waals surface area contributed by atoms with Crippen LogP contribution in [-0.4, -0.2) is 4.98 Å². The van der Waals surface area contributed by atoms with Gasteiger partial charge in [0.15, 0.2) is 0 Å². The predicted octanol–water partition coefficient (Wildman–Crippen LogP) is 2.27. The smallest absolute Gasteiger partial charge is 0.123 e. The number of hydrogen-bond donors (Lipinski definition) is 1. The molecule has 76 valence electrons. The topological polar surface area (TPSA) is 38.9 Å². The molecule has 0 aliphatic rings. The molecule has 0 fully saturated rings. The van der Waals surface area contributed by atoms with E-state index in [0.29, 0.717) is 0 Å². The largest absolute Gasteiger partial charge is 0.320 e. The molecule has 2 rings (SSSR count). The number of nitrogens with zero attached hydrogens (tertiary/aromatic N) is 1. The van der Waals surface area contributed by atoms with Gasteiger partial charge >= 0.3 is 0 Å². The minimum atomic E-state index is -0.249. The van der Waals surface area contributed by atoms with Crippen molar-refractivity contribution in [1.82, 2.24) is 4.98 Å². The first-order valence-corrected chi connectivity index (χ1v) is 4.68. The van der Waals surface area contributed by atoms with Gasteiger partial charge in [-0.2, -0.15) is 0 Å². The van der Waals surface area contributed by atoms with Gasteiger partial charge in [-0.25, -0.2) is 4.39 Å². The Bertz CT molecular complexity index is 425. The van der Waals surface area contributed by atoms with Gasteiger partial charge in [-0.05, 0) is 35.4 Å². The van der Waals surface area contributed by atoms with Crippen molar-refractivity contribution in [3.8, 4) is 0 Å². The van der Waals surface area contributed by atoms with Gasteiger partial charge in [-0.15, -0.1) is 0 Å². The van der Waals surface area contributed by atoms with Crippen molar-refractivity contribution in [3.05, 3.63) is 65.7 Å². The van der Waals surface area contributed by atoms with Gasteiger partial charge in [0.05, 0.1) is 6.04 Å². The van der Waals surface area contributed by atoms with Crippen molar-refractivity contribution in [3.63, 3.8) is 0 Å². The van der Waals surface area contributed by atoms with Crippen LogP contribution >= 0.6 is 0 Å². The van der Waals surface area contributed by atoms with Crippen LogP contribution < -0.4 is 5.73 Å². The maximum atomic E-state index is 12.7. The summed E-state index contributed by atoms with van der Waals surface area (Å²) < 4.78 is 12.7. The Morgan fingerprint density at radius 2 is 1.47 bits per heavy atom. The normalized spacial score (nSPS) is 12.4. The summed E-state index contributed by atoms with van der Waals surface area (Å²) in [6, 6.07) is 9.70. The van der Waals surface area contributed by atoms with Crippen molar-refractivity contribution < 1.29 is 4.39 Å². The lowest BCUT2D eigenvalue weighted by atomic mass is 10.0. The molecule has 0 spiro atoms. The van der Waals surface area contributed by atoms with Gasteiger partial charge < -0.3 is 5.73 Å². The van der Waals surface area contributed by atoms with Gasteiger partial charge in [0.2, 0.25) is 0 Å². The molecule has 0 radical (unpaired) electrons. The molecule has 0 saturated carbocycles. The van der Waals surface area contributed by atoms with E-state index in [1.54, 1.807) is 24.5 Å². The molecular weight excluding hydrogens is 191 g/mol. The van der Waals surface area contributed by atoms with Crippen LogP contribution in [0, 0.1) is 5.82 Å². The molecule has 0 saturated heterocycles. The summed E-state index contributed by atoms with van der Waals surface area (Å²) in [6.07, 6.45) is 3.39. The van der Waals surface area contributed by atoms with Crippen LogP contribution in [0.25, 0.3) is 0 Å². The Morgan fingerprint density at radius 1 is 0.933 bits per heavy atom. The zero-order valence-electron chi connectivity index (χ0n) is 8.10. The van der Waals surface area contributed by atoms with Crippen LogP contribution in [0.15, 0.2) is 48.8 Å². The molecule has 15 heavy (non-hydrogen) atoms. The van der Waals surface area contributed by atoms with Gasteiger partial charge in [-0.3, -0.25) is 4.98 Å². The number of pyridine rings is 1. The lowest BCUT2D eigenvalue weighted by Gasteiger charge is -2.11. The number of benzene rings is 1. The Morgan fingerprint density at radius 3 is 2.07 bits per heavy atom. The molecule has 1 aromatic carbocycles. The van der Waals surface area contributed by atoms with Crippen molar-refractivity contribution in [2.24, 2.45) is 5.73 Å². The van der Waals surface area contributed by atoms with Crippen molar-refractivity contribution in [1.29, 1.82) is 0 Å².